The van der Waals surface area contributed by atoms with Crippen LogP contribution in [0, 0.1) is 0 Å². The number of hydrogen-bond acceptors (Lipinski definition) is 7. The highest BCUT2D eigenvalue weighted by Gasteiger charge is 2.22. The Morgan fingerprint density at radius 3 is 2.62 bits per heavy atom. The van der Waals surface area contributed by atoms with Crippen LogP contribution in [0.2, 0.25) is 0 Å². The maximum Gasteiger partial charge on any atom is 0.163 e. The molecule has 164 valence electrons. The third kappa shape index (κ3) is 4.31. The van der Waals surface area contributed by atoms with Gasteiger partial charge in [-0.05, 0) is 67.5 Å². The molecule has 1 atom stereocenters. The van der Waals surface area contributed by atoms with Gasteiger partial charge in [0.2, 0.25) is 0 Å². The van der Waals surface area contributed by atoms with Gasteiger partial charge >= 0.3 is 0 Å². The van der Waals surface area contributed by atoms with Gasteiger partial charge in [-0.3, -0.25) is 4.98 Å². The molecule has 0 amide bonds. The first-order chi connectivity index (χ1) is 15.7. The van der Waals surface area contributed by atoms with E-state index in [1.54, 1.807) is 19.5 Å². The van der Waals surface area contributed by atoms with Gasteiger partial charge in [0.05, 0.1) is 12.5 Å². The smallest absolute Gasteiger partial charge is 0.163 e. The van der Waals surface area contributed by atoms with Crippen LogP contribution in [0.25, 0.3) is 21.6 Å². The number of methoxy groups -OCH3 is 1. The molecule has 0 fully saturated rings. The molecule has 7 heteroatoms. The minimum Gasteiger partial charge on any atom is -0.497 e. The zero-order chi connectivity index (χ0) is 21.9. The van der Waals surface area contributed by atoms with Gasteiger partial charge in [-0.15, -0.1) is 11.3 Å². The molecular formula is C25H27N5OS. The van der Waals surface area contributed by atoms with Crippen LogP contribution in [-0.4, -0.2) is 34.6 Å². The van der Waals surface area contributed by atoms with Gasteiger partial charge in [0.15, 0.2) is 5.82 Å². The lowest BCUT2D eigenvalue weighted by molar-refractivity contribution is 0.414. The zero-order valence-electron chi connectivity index (χ0n) is 18.2. The second kappa shape index (κ2) is 9.22. The summed E-state index contributed by atoms with van der Waals surface area (Å²) in [4.78, 5) is 16.5. The molecule has 0 saturated heterocycles. The second-order valence-corrected chi connectivity index (χ2v) is 9.30. The molecule has 5 rings (SSSR count). The molecule has 1 aromatic carbocycles. The first-order valence-corrected chi connectivity index (χ1v) is 11.9. The van der Waals surface area contributed by atoms with Crippen LogP contribution < -0.4 is 15.8 Å². The molecule has 1 aliphatic rings. The van der Waals surface area contributed by atoms with E-state index in [2.05, 4.69) is 22.4 Å². The van der Waals surface area contributed by atoms with E-state index in [0.29, 0.717) is 6.54 Å². The Hall–Kier alpha value is -3.03. The number of hydrogen-bond donors (Lipinski definition) is 2. The fourth-order valence-electron chi connectivity index (χ4n) is 4.28. The van der Waals surface area contributed by atoms with Gasteiger partial charge in [0.1, 0.15) is 16.4 Å². The normalized spacial score (nSPS) is 14.2. The molecular weight excluding hydrogens is 418 g/mol. The first kappa shape index (κ1) is 20.8. The lowest BCUT2D eigenvalue weighted by Crippen LogP contribution is -2.31. The highest BCUT2D eigenvalue weighted by molar-refractivity contribution is 7.19. The van der Waals surface area contributed by atoms with Crippen LogP contribution >= 0.6 is 11.3 Å². The Kier molecular flexibility index (Phi) is 6.01. The van der Waals surface area contributed by atoms with Gasteiger partial charge in [0, 0.05) is 35.4 Å². The number of anilines is 1. The summed E-state index contributed by atoms with van der Waals surface area (Å²) in [6.45, 7) is 0.637. The maximum absolute atomic E-state index is 6.49. The number of fused-ring (bicyclic) bond motifs is 3. The van der Waals surface area contributed by atoms with Crippen LogP contribution in [0.3, 0.4) is 0 Å². The van der Waals surface area contributed by atoms with E-state index in [4.69, 9.17) is 20.4 Å². The quantitative estimate of drug-likeness (QED) is 0.432. The van der Waals surface area contributed by atoms with E-state index < -0.39 is 0 Å². The molecule has 0 bridgehead atoms. The van der Waals surface area contributed by atoms with Crippen molar-refractivity contribution in [3.05, 3.63) is 64.8 Å². The van der Waals surface area contributed by atoms with Gasteiger partial charge in [0.25, 0.3) is 0 Å². The standard InChI is InChI=1S/C25H27N5OS/c1-31-19-8-6-16(7-9-19)14-18(26)15-28-24-22-20-4-2-3-5-21(20)32-25(22)30-23(29-24)17-10-12-27-13-11-17/h6-13,18H,2-5,14-15,26H2,1H3,(H,28,29,30)/t18-/m0/s1. The Labute approximate surface area is 191 Å². The average Bonchev–Trinajstić information content (AvgIpc) is 3.22. The van der Waals surface area contributed by atoms with Gasteiger partial charge < -0.3 is 15.8 Å². The van der Waals surface area contributed by atoms with Gasteiger partial charge in [-0.2, -0.15) is 0 Å². The number of nitrogens with zero attached hydrogens (tertiary/aromatic N) is 3. The Morgan fingerprint density at radius 1 is 1.06 bits per heavy atom. The zero-order valence-corrected chi connectivity index (χ0v) is 19.0. The molecule has 0 saturated carbocycles. The molecule has 4 aromatic rings. The van der Waals surface area contributed by atoms with Crippen molar-refractivity contribution in [3.8, 4) is 17.1 Å². The minimum atomic E-state index is -0.0350. The number of rotatable bonds is 7. The number of aryl methyl sites for hydroxylation is 2. The highest BCUT2D eigenvalue weighted by atomic mass is 32.1. The highest BCUT2D eigenvalue weighted by Crippen LogP contribution is 2.39. The molecule has 0 radical (unpaired) electrons. The maximum atomic E-state index is 6.49. The van der Waals surface area contributed by atoms with Crippen molar-refractivity contribution in [1.29, 1.82) is 0 Å². The fraction of sp³-hybridized carbons (Fsp3) is 0.320. The van der Waals surface area contributed by atoms with Crippen LogP contribution in [0.1, 0.15) is 28.8 Å². The van der Waals surface area contributed by atoms with E-state index in [1.165, 1.54) is 34.2 Å². The number of pyridine rings is 1. The number of thiophene rings is 1. The molecule has 3 N–H and O–H groups in total. The minimum absolute atomic E-state index is 0.0350. The van der Waals surface area contributed by atoms with Crippen LogP contribution in [0.4, 0.5) is 5.82 Å². The largest absolute Gasteiger partial charge is 0.497 e. The summed E-state index contributed by atoms with van der Waals surface area (Å²) in [5, 5.41) is 4.75. The Bertz CT molecular complexity index is 1210. The van der Waals surface area contributed by atoms with Crippen molar-refractivity contribution in [3.63, 3.8) is 0 Å². The van der Waals surface area contributed by atoms with Crippen molar-refractivity contribution in [2.45, 2.75) is 38.1 Å². The molecule has 0 aliphatic heterocycles. The molecule has 1 aliphatic carbocycles. The summed E-state index contributed by atoms with van der Waals surface area (Å²) < 4.78 is 5.25. The molecule has 0 spiro atoms. The second-order valence-electron chi connectivity index (χ2n) is 8.22. The lowest BCUT2D eigenvalue weighted by Gasteiger charge is -2.16. The summed E-state index contributed by atoms with van der Waals surface area (Å²) in [5.74, 6) is 2.48. The molecule has 32 heavy (non-hydrogen) atoms. The molecule has 0 unspecified atom stereocenters. The predicted molar refractivity (Wildman–Crippen MR) is 130 cm³/mol. The van der Waals surface area contributed by atoms with Crippen molar-refractivity contribution in [2.75, 3.05) is 19.0 Å². The van der Waals surface area contributed by atoms with E-state index in [-0.39, 0.29) is 6.04 Å². The summed E-state index contributed by atoms with van der Waals surface area (Å²) >= 11 is 1.81. The van der Waals surface area contributed by atoms with Gasteiger partial charge in [-0.25, -0.2) is 9.97 Å². The first-order valence-electron chi connectivity index (χ1n) is 11.1. The number of nitrogens with one attached hydrogen (secondary N) is 1. The summed E-state index contributed by atoms with van der Waals surface area (Å²) in [7, 11) is 1.68. The summed E-state index contributed by atoms with van der Waals surface area (Å²) in [5.41, 5.74) is 10.1. The van der Waals surface area contributed by atoms with Gasteiger partial charge in [-0.1, -0.05) is 12.1 Å². The summed E-state index contributed by atoms with van der Waals surface area (Å²) in [6.07, 6.45) is 9.04. The predicted octanol–water partition coefficient (Wildman–Crippen LogP) is 4.62. The van der Waals surface area contributed by atoms with Crippen molar-refractivity contribution < 1.29 is 4.74 Å². The van der Waals surface area contributed by atoms with E-state index in [9.17, 15) is 0 Å². The number of aromatic nitrogens is 3. The number of benzene rings is 1. The topological polar surface area (TPSA) is 86.0 Å². The molecule has 6 nitrogen and oxygen atoms in total. The van der Waals surface area contributed by atoms with E-state index in [0.717, 1.165) is 47.0 Å². The van der Waals surface area contributed by atoms with Crippen LogP contribution in [0.15, 0.2) is 48.8 Å². The van der Waals surface area contributed by atoms with E-state index in [1.807, 2.05) is 35.6 Å². The monoisotopic (exact) mass is 445 g/mol. The van der Waals surface area contributed by atoms with Crippen LogP contribution in [0.5, 0.6) is 5.75 Å². The third-order valence-electron chi connectivity index (χ3n) is 5.94. The van der Waals surface area contributed by atoms with Crippen molar-refractivity contribution in [2.24, 2.45) is 5.73 Å². The van der Waals surface area contributed by atoms with Crippen molar-refractivity contribution >= 4 is 27.4 Å². The Balaban J connectivity index is 1.42. The fourth-order valence-corrected chi connectivity index (χ4v) is 5.54. The molecule has 3 heterocycles. The number of nitrogens with two attached hydrogens (primary N) is 1. The van der Waals surface area contributed by atoms with Crippen molar-refractivity contribution in [1.82, 2.24) is 15.0 Å². The lowest BCUT2D eigenvalue weighted by atomic mass is 9.97. The third-order valence-corrected chi connectivity index (χ3v) is 7.13. The van der Waals surface area contributed by atoms with E-state index >= 15 is 0 Å². The molecule has 3 aromatic heterocycles. The summed E-state index contributed by atoms with van der Waals surface area (Å²) in [6, 6.07) is 12.0. The SMILES string of the molecule is COc1ccc(C[C@H](N)CNc2nc(-c3ccncc3)nc3sc4c(c23)CCCC4)cc1. The Morgan fingerprint density at radius 2 is 1.84 bits per heavy atom. The number of ether oxygens (including phenoxy) is 1. The average molecular weight is 446 g/mol. The van der Waals surface area contributed by atoms with Crippen LogP contribution in [-0.2, 0) is 19.3 Å².